The zero-order chi connectivity index (χ0) is 20.8. The number of rotatable bonds is 8. The third kappa shape index (κ3) is 5.83. The minimum absolute atomic E-state index is 0.0429. The number of ether oxygens (including phenoxy) is 1. The summed E-state index contributed by atoms with van der Waals surface area (Å²) in [6.07, 6.45) is -0.269. The lowest BCUT2D eigenvalue weighted by Gasteiger charge is -2.15. The van der Waals surface area contributed by atoms with E-state index in [4.69, 9.17) is 4.74 Å². The topological polar surface area (TPSA) is 69.0 Å². The van der Waals surface area contributed by atoms with E-state index in [0.717, 1.165) is 15.8 Å². The molecule has 0 radical (unpaired) electrons. The van der Waals surface area contributed by atoms with Gasteiger partial charge in [-0.2, -0.15) is 0 Å². The maximum Gasteiger partial charge on any atom is 0.230 e. The van der Waals surface area contributed by atoms with Crippen LogP contribution in [0.3, 0.4) is 0 Å². The van der Waals surface area contributed by atoms with Gasteiger partial charge in [0.1, 0.15) is 5.75 Å². The van der Waals surface area contributed by atoms with Crippen LogP contribution >= 0.6 is 27.7 Å². The predicted molar refractivity (Wildman–Crippen MR) is 118 cm³/mol. The molecule has 0 fully saturated rings. The van der Waals surface area contributed by atoms with Gasteiger partial charge >= 0.3 is 0 Å². The van der Waals surface area contributed by atoms with E-state index in [1.165, 1.54) is 11.8 Å². The van der Waals surface area contributed by atoms with E-state index in [1.807, 2.05) is 80.1 Å². The fraction of sp³-hybridized carbons (Fsp3) is 0.286. The van der Waals surface area contributed by atoms with Crippen molar-refractivity contribution in [3.8, 4) is 5.75 Å². The van der Waals surface area contributed by atoms with Crippen LogP contribution in [0.2, 0.25) is 0 Å². The van der Waals surface area contributed by atoms with E-state index in [-0.39, 0.29) is 23.8 Å². The van der Waals surface area contributed by atoms with E-state index < -0.39 is 0 Å². The Morgan fingerprint density at radius 3 is 2.52 bits per heavy atom. The number of hydrogen-bond donors (Lipinski definition) is 1. The second-order valence-corrected chi connectivity index (χ2v) is 8.46. The Balaban J connectivity index is 1.55. The highest BCUT2D eigenvalue weighted by molar-refractivity contribution is 9.10. The number of carbonyl (C=O) groups excluding carboxylic acids is 1. The van der Waals surface area contributed by atoms with Gasteiger partial charge in [0.05, 0.1) is 11.8 Å². The molecule has 0 spiro atoms. The van der Waals surface area contributed by atoms with Crippen molar-refractivity contribution < 1.29 is 9.53 Å². The summed E-state index contributed by atoms with van der Waals surface area (Å²) in [6, 6.07) is 17.5. The first-order chi connectivity index (χ1) is 13.9. The molecule has 0 bridgehead atoms. The van der Waals surface area contributed by atoms with Gasteiger partial charge in [0.25, 0.3) is 0 Å². The van der Waals surface area contributed by atoms with E-state index in [1.54, 1.807) is 0 Å². The van der Waals surface area contributed by atoms with Crippen molar-refractivity contribution in [2.45, 2.75) is 31.1 Å². The Hall–Kier alpha value is -2.32. The molecule has 0 aliphatic rings. The number of amides is 1. The summed E-state index contributed by atoms with van der Waals surface area (Å²) >= 11 is 4.77. The van der Waals surface area contributed by atoms with E-state index >= 15 is 0 Å². The van der Waals surface area contributed by atoms with Gasteiger partial charge in [-0.3, -0.25) is 4.79 Å². The molecular formula is C21H23BrN4O2S. The minimum Gasteiger partial charge on any atom is -0.483 e. The van der Waals surface area contributed by atoms with Gasteiger partial charge in [-0.15, -0.1) is 10.2 Å². The van der Waals surface area contributed by atoms with Crippen molar-refractivity contribution in [1.82, 2.24) is 20.1 Å². The summed E-state index contributed by atoms with van der Waals surface area (Å²) in [5.41, 5.74) is 1.07. The molecule has 0 aliphatic carbocycles. The fourth-order valence-corrected chi connectivity index (χ4v) is 3.81. The highest BCUT2D eigenvalue weighted by Gasteiger charge is 2.18. The van der Waals surface area contributed by atoms with Crippen molar-refractivity contribution in [2.75, 3.05) is 5.75 Å². The van der Waals surface area contributed by atoms with E-state index in [0.29, 0.717) is 11.0 Å². The Bertz CT molecular complexity index is 947. The largest absolute Gasteiger partial charge is 0.483 e. The first-order valence-electron chi connectivity index (χ1n) is 9.22. The highest BCUT2D eigenvalue weighted by atomic mass is 79.9. The van der Waals surface area contributed by atoms with Gasteiger partial charge in [0.2, 0.25) is 5.91 Å². The normalized spacial score (nSPS) is 13.0. The molecule has 3 aromatic rings. The molecule has 1 aromatic heterocycles. The highest BCUT2D eigenvalue weighted by Crippen LogP contribution is 2.25. The number of halogens is 1. The first-order valence-corrected chi connectivity index (χ1v) is 11.0. The summed E-state index contributed by atoms with van der Waals surface area (Å²) in [6.45, 7) is 3.90. The molecule has 8 heteroatoms. The Labute approximate surface area is 183 Å². The monoisotopic (exact) mass is 474 g/mol. The molecule has 2 atom stereocenters. The third-order valence-electron chi connectivity index (χ3n) is 4.37. The van der Waals surface area contributed by atoms with Crippen LogP contribution in [-0.2, 0) is 11.8 Å². The average molecular weight is 475 g/mol. The number of nitrogens with one attached hydrogen (secondary N) is 1. The van der Waals surface area contributed by atoms with Gasteiger partial charge < -0.3 is 14.6 Å². The van der Waals surface area contributed by atoms with Crippen LogP contribution in [-0.4, -0.2) is 26.4 Å². The molecule has 0 saturated carbocycles. The van der Waals surface area contributed by atoms with Crippen molar-refractivity contribution in [3.63, 3.8) is 0 Å². The van der Waals surface area contributed by atoms with Gasteiger partial charge in [-0.1, -0.05) is 58.0 Å². The zero-order valence-corrected chi connectivity index (χ0v) is 18.9. The van der Waals surface area contributed by atoms with Crippen molar-refractivity contribution in [1.29, 1.82) is 0 Å². The maximum absolute atomic E-state index is 12.3. The number of carbonyl (C=O) groups is 1. The number of aromatic nitrogens is 3. The second kappa shape index (κ2) is 9.93. The summed E-state index contributed by atoms with van der Waals surface area (Å²) < 4.78 is 8.80. The summed E-state index contributed by atoms with van der Waals surface area (Å²) in [5.74, 6) is 1.68. The number of hydrogen-bond acceptors (Lipinski definition) is 5. The van der Waals surface area contributed by atoms with Crippen LogP contribution < -0.4 is 10.1 Å². The lowest BCUT2D eigenvalue weighted by molar-refractivity contribution is -0.119. The van der Waals surface area contributed by atoms with Crippen molar-refractivity contribution in [3.05, 3.63) is 70.5 Å². The van der Waals surface area contributed by atoms with Crippen LogP contribution in [0.25, 0.3) is 0 Å². The van der Waals surface area contributed by atoms with E-state index in [2.05, 4.69) is 31.4 Å². The second-order valence-electron chi connectivity index (χ2n) is 6.60. The van der Waals surface area contributed by atoms with Crippen molar-refractivity contribution in [2.24, 2.45) is 7.05 Å². The molecule has 1 N–H and O–H groups in total. The number of nitrogens with zero attached hydrogens (tertiary/aromatic N) is 3. The fourth-order valence-electron chi connectivity index (χ4n) is 2.81. The van der Waals surface area contributed by atoms with E-state index in [9.17, 15) is 4.79 Å². The van der Waals surface area contributed by atoms with Crippen molar-refractivity contribution >= 4 is 33.6 Å². The zero-order valence-electron chi connectivity index (χ0n) is 16.5. The lowest BCUT2D eigenvalue weighted by Crippen LogP contribution is -2.28. The Morgan fingerprint density at radius 2 is 1.83 bits per heavy atom. The molecule has 3 rings (SSSR count). The number of benzene rings is 2. The predicted octanol–water partition coefficient (Wildman–Crippen LogP) is 4.69. The van der Waals surface area contributed by atoms with Crippen LogP contribution in [0, 0.1) is 0 Å². The van der Waals surface area contributed by atoms with Crippen LogP contribution in [0.1, 0.15) is 37.4 Å². The molecule has 0 saturated heterocycles. The molecule has 29 heavy (non-hydrogen) atoms. The van der Waals surface area contributed by atoms with Gasteiger partial charge in [-0.25, -0.2) is 0 Å². The average Bonchev–Trinajstić information content (AvgIpc) is 3.09. The van der Waals surface area contributed by atoms with Gasteiger partial charge in [0.15, 0.2) is 17.1 Å². The van der Waals surface area contributed by atoms with Crippen LogP contribution in [0.15, 0.2) is 64.2 Å². The summed E-state index contributed by atoms with van der Waals surface area (Å²) in [5, 5.41) is 12.1. The molecule has 152 valence electrons. The minimum atomic E-state index is -0.269. The molecule has 2 unspecified atom stereocenters. The van der Waals surface area contributed by atoms with Gasteiger partial charge in [0, 0.05) is 11.5 Å². The molecule has 6 nitrogen and oxygen atoms in total. The molecule has 0 aliphatic heterocycles. The standard InChI is InChI=1S/C21H23BrN4O2S/c1-14(16-7-5-4-6-8-16)23-19(27)13-29-21-25-24-20(26(21)3)15(2)28-18-11-9-17(22)10-12-18/h4-12,14-15H,13H2,1-3H3,(H,23,27). The number of thioether (sulfide) groups is 1. The maximum atomic E-state index is 12.3. The smallest absolute Gasteiger partial charge is 0.230 e. The molecular weight excluding hydrogens is 452 g/mol. The summed E-state index contributed by atoms with van der Waals surface area (Å²) in [7, 11) is 1.88. The molecule has 2 aromatic carbocycles. The van der Waals surface area contributed by atoms with Crippen LogP contribution in [0.5, 0.6) is 5.75 Å². The Kier molecular flexibility index (Phi) is 7.33. The quantitative estimate of drug-likeness (QED) is 0.479. The van der Waals surface area contributed by atoms with Gasteiger partial charge in [-0.05, 0) is 43.7 Å². The Morgan fingerprint density at radius 1 is 1.14 bits per heavy atom. The molecule has 1 amide bonds. The summed E-state index contributed by atoms with van der Waals surface area (Å²) in [4.78, 5) is 12.3. The SMILES string of the molecule is CC(NC(=O)CSc1nnc(C(C)Oc2ccc(Br)cc2)n1C)c1ccccc1. The van der Waals surface area contributed by atoms with Crippen LogP contribution in [0.4, 0.5) is 0 Å². The lowest BCUT2D eigenvalue weighted by atomic mass is 10.1. The third-order valence-corrected chi connectivity index (χ3v) is 5.92. The first kappa shape index (κ1) is 21.4. The molecule has 1 heterocycles.